The molecule has 21 unspecified atom stereocenters. The van der Waals surface area contributed by atoms with E-state index in [-0.39, 0.29) is 111 Å². The van der Waals surface area contributed by atoms with Crippen LogP contribution in [0.2, 0.25) is 0 Å². The lowest BCUT2D eigenvalue weighted by Crippen LogP contribution is -2.50. The molecule has 64 heteroatoms. The Labute approximate surface area is 853 Å². The van der Waals surface area contributed by atoms with Crippen molar-refractivity contribution in [1.29, 1.82) is 0 Å². The van der Waals surface area contributed by atoms with Gasteiger partial charge in [0.05, 0.1) is 67.8 Å². The lowest BCUT2D eigenvalue weighted by Gasteiger charge is -2.37. The quantitative estimate of drug-likeness (QED) is 0.0110. The molecule has 6 fully saturated rings. The molecule has 149 heavy (non-hydrogen) atoms. The van der Waals surface area contributed by atoms with Crippen LogP contribution in [0.15, 0.2) is 93.8 Å². The van der Waals surface area contributed by atoms with Crippen LogP contribution in [0, 0.1) is 39.1 Å². The number of aliphatic hydroxyl groups excluding tert-OH is 3. The summed E-state index contributed by atoms with van der Waals surface area (Å²) < 4.78 is 196. The number of rotatable bonds is 28. The molecule has 15 heterocycles. The second kappa shape index (κ2) is 52.8. The first kappa shape index (κ1) is 121. The number of fused-ring (bicyclic) bond motifs is 2. The maximum atomic E-state index is 12.7. The van der Waals surface area contributed by atoms with E-state index in [4.69, 9.17) is 33.5 Å². The van der Waals surface area contributed by atoms with E-state index in [1.54, 1.807) is 29.2 Å². The number of aryl methyl sites for hydroxylation is 3. The van der Waals surface area contributed by atoms with Crippen molar-refractivity contribution >= 4 is 81.4 Å². The number of amides is 5. The Kier molecular flexibility index (Phi) is 42.7. The molecule has 9 aliphatic rings. The summed E-state index contributed by atoms with van der Waals surface area (Å²) >= 11 is 1.91. The Morgan fingerprint density at radius 1 is 0.537 bits per heavy atom. The Morgan fingerprint density at radius 2 is 0.960 bits per heavy atom. The van der Waals surface area contributed by atoms with Crippen LogP contribution in [0.5, 0.6) is 0 Å². The van der Waals surface area contributed by atoms with Crippen molar-refractivity contribution in [1.82, 2.24) is 88.7 Å². The van der Waals surface area contributed by atoms with Crippen LogP contribution in [0.25, 0.3) is 0 Å². The minimum atomic E-state index is -6.10. The maximum absolute atomic E-state index is 12.7. The molecule has 15 rings (SSSR count). The molecule has 0 aliphatic carbocycles. The van der Waals surface area contributed by atoms with Crippen molar-refractivity contribution in [3.8, 4) is 11.8 Å². The van der Waals surface area contributed by atoms with Crippen LogP contribution in [-0.2, 0) is 88.9 Å². The highest BCUT2D eigenvalue weighted by molar-refractivity contribution is 14.1. The van der Waals surface area contributed by atoms with Crippen molar-refractivity contribution in [3.05, 3.63) is 165 Å². The van der Waals surface area contributed by atoms with Crippen LogP contribution in [0.3, 0.4) is 0 Å². The molecule has 6 aromatic rings. The van der Waals surface area contributed by atoms with Gasteiger partial charge in [-0.25, -0.2) is 42.7 Å². The van der Waals surface area contributed by atoms with E-state index in [0.717, 1.165) is 79.2 Å². The monoisotopic (exact) mass is 2300 g/mol. The third-order valence-corrected chi connectivity index (χ3v) is 29.3. The molecule has 9 aliphatic heterocycles. The van der Waals surface area contributed by atoms with E-state index in [0.29, 0.717) is 72.1 Å². The zero-order chi connectivity index (χ0) is 110. The zero-order valence-electron chi connectivity index (χ0n) is 81.1. The van der Waals surface area contributed by atoms with Crippen molar-refractivity contribution < 1.29 is 149 Å². The highest BCUT2D eigenvalue weighted by atomic mass is 127. The number of H-pyrrole nitrogens is 3. The Balaban J connectivity index is 0.000000185. The number of halogens is 10. The normalized spacial score (nSPS) is 26.3. The van der Waals surface area contributed by atoms with Gasteiger partial charge in [-0.15, -0.1) is 0 Å². The van der Waals surface area contributed by atoms with Gasteiger partial charge < -0.3 is 104 Å². The highest BCUT2D eigenvalue weighted by Gasteiger charge is 2.46. The molecule has 6 aromatic heterocycles. The van der Waals surface area contributed by atoms with Gasteiger partial charge >= 0.3 is 70.7 Å². The smallest absolute Gasteiger partial charge is 0.471 e. The molecular formula is C85H113F9IN20O31P3-4. The topological polar surface area (TPSA) is 696 Å². The maximum Gasteiger partial charge on any atom is 0.471 e. The third-order valence-electron chi connectivity index (χ3n) is 24.9. The first-order valence-electron chi connectivity index (χ1n) is 47.1. The minimum Gasteiger partial charge on any atom is -0.790 e. The molecule has 0 radical (unpaired) electrons. The summed E-state index contributed by atoms with van der Waals surface area (Å²) in [5, 5.41) is 47.0. The predicted molar refractivity (Wildman–Crippen MR) is 500 cm³/mol. The van der Waals surface area contributed by atoms with E-state index < -0.39 is 174 Å². The molecule has 0 saturated carbocycles. The number of anilines is 2. The summed E-state index contributed by atoms with van der Waals surface area (Å²) in [6, 6.07) is -0.349. The van der Waals surface area contributed by atoms with Gasteiger partial charge in [-0.2, -0.15) is 54.6 Å². The largest absolute Gasteiger partial charge is 0.790 e. The van der Waals surface area contributed by atoms with Gasteiger partial charge in [0.25, 0.3) is 32.3 Å². The number of ether oxygens (including phenoxy) is 6. The van der Waals surface area contributed by atoms with Crippen LogP contribution in [0.4, 0.5) is 55.9 Å². The standard InChI is InChI=1S/C18H25F3N6O3.C16H22F3N3O4.C16H18F3N3O4.C12H20N3O13P3.C12H17N3O4.C11H15IN2O3/c1-3-13-11(2)7-14(30-13)26-8-12(5-4-6-23-16(28)18(19,20)21)15(25-17(26)29)27-10-22-9-24-27;2*1-3-11-9(2)7-12(26-11)22-8-10(13(23)21-15(22)25)5-4-6-20-14(24)16(17,18)19;16-8-4-10(15-5-7-2-1-3-13-11(7)14-12(15)17)26-9(8)6-25-30(21,22)28-31(23,24)27-29(18,19)20;16-6-9-8(17)4-10(19-9)15-5-7-2-1-3-13-11(7)14-12(15)18;1-3-8-6(2)4-9(17-8)14-5-7(12)10(15)13-11(14)16/h8-11,13-15H,3-7H2,1-2H3,(H,23,28)(H,25,29);8-9,11-12H,3-7H2,1-2H3,(H,20,24)(H,21,23,25);8-9,11-12H,3,6-7H2,1-2H3,(H,20,24)(H,21,23,25);5,8-10,16H,1-4,6H2,(H,21,22)(H,23,24)(H,13,14,17)(H2,18,19,20);5,8-10,16-17H,1-4,6H2,(H,13,14,18);5-6,8-9H,3-4H2,1-2H3,(H,13,15,16)/p-4. The highest BCUT2D eigenvalue weighted by Crippen LogP contribution is 2.61. The Bertz CT molecular complexity index is 6410. The minimum absolute atomic E-state index is 0.00839. The molecular weight excluding hydrogens is 2190 g/mol. The van der Waals surface area contributed by atoms with Gasteiger partial charge in [0.15, 0.2) is 0 Å². The van der Waals surface area contributed by atoms with Gasteiger partial charge in [0.1, 0.15) is 85.6 Å². The van der Waals surface area contributed by atoms with Crippen LogP contribution in [-0.4, -0.2) is 226 Å². The lowest BCUT2D eigenvalue weighted by atomic mass is 10.0. The fourth-order valence-corrected chi connectivity index (χ4v) is 20.6. The average Bonchev–Trinajstić information content (AvgIpc) is 1.80. The van der Waals surface area contributed by atoms with E-state index in [1.165, 1.54) is 59.1 Å². The summed E-state index contributed by atoms with van der Waals surface area (Å²) in [6.07, 6.45) is -0.222. The van der Waals surface area contributed by atoms with Gasteiger partial charge in [0, 0.05) is 92.9 Å². The molecule has 12 N–H and O–H groups in total. The van der Waals surface area contributed by atoms with Crippen LogP contribution >= 0.6 is 46.1 Å². The molecule has 51 nitrogen and oxygen atoms in total. The zero-order valence-corrected chi connectivity index (χ0v) is 85.9. The number of urea groups is 1. The summed E-state index contributed by atoms with van der Waals surface area (Å²) in [5.41, 5.74) is -1.81. The number of aromatic amines is 3. The number of nitrogens with zero attached hydrogens (tertiary/aromatic N) is 11. The second-order valence-corrected chi connectivity index (χ2v) is 41.1. The number of alkyl halides is 9. The molecule has 6 saturated heterocycles. The summed E-state index contributed by atoms with van der Waals surface area (Å²) in [5.74, 6) is 0.822. The number of carbonyl (C=O) groups is 4. The second-order valence-electron chi connectivity index (χ2n) is 35.7. The number of nitrogens with one attached hydrogen (secondary N) is 9. The molecule has 21 atom stereocenters. The Morgan fingerprint density at radius 3 is 1.41 bits per heavy atom. The first-order chi connectivity index (χ1) is 69.9. The van der Waals surface area contributed by atoms with Gasteiger partial charge in [0.2, 0.25) is 0 Å². The van der Waals surface area contributed by atoms with E-state index >= 15 is 0 Å². The van der Waals surface area contributed by atoms with Gasteiger partial charge in [-0.05, 0) is 155 Å². The number of hydrogen-bond donors (Lipinski definition) is 12. The van der Waals surface area contributed by atoms with Gasteiger partial charge in [-0.1, -0.05) is 67.2 Å². The predicted octanol–water partition coefficient (Wildman–Crippen LogP) is 2.47. The fourth-order valence-electron chi connectivity index (χ4n) is 17.3. The summed E-state index contributed by atoms with van der Waals surface area (Å²) in [6.45, 7) is 15.6. The number of aromatic nitrogens is 13. The van der Waals surface area contributed by atoms with Crippen LogP contribution < -0.4 is 96.6 Å². The number of aliphatic hydroxyl groups is 3. The van der Waals surface area contributed by atoms with Gasteiger partial charge in [-0.3, -0.25) is 84.9 Å². The number of carbonyl (C=O) groups excluding carboxylic acids is 4. The molecule has 828 valence electrons. The lowest BCUT2D eigenvalue weighted by molar-refractivity contribution is -0.339. The SMILES string of the molecule is CCC1OC(N2C=C(CCCNC(=O)C(F)(F)F)C(n3cncn3)NC2=O)CC1C.CCC1OC(n2cc(C#CCNC(=O)C(F)(F)F)c(=O)[nH]c2=O)CC1C.CCC1OC(n2cc(CCCNC(=O)C(F)(F)F)c(=O)[nH]c2=O)CC1C.CCC1OC(n2cc(I)c(=O)[nH]c2=O)CC1C.O=c1nc2c(cn1C1CC(O)C(CO)O1)CCCN2.O=c1nc2c(cn1C1CC(O)C(COP(=O)([O-])OP(=O)([O-])OP(=O)([O-])[O-])O1)CCCN2. The van der Waals surface area contributed by atoms with Crippen LogP contribution in [0.1, 0.15) is 211 Å². The molecule has 5 amide bonds. The summed E-state index contributed by atoms with van der Waals surface area (Å²) in [7, 11) is -17.9. The molecule has 0 aromatic carbocycles. The number of phosphoric ester groups is 1. The Hall–Kier alpha value is -10.3. The summed E-state index contributed by atoms with van der Waals surface area (Å²) in [4.78, 5) is 203. The first-order valence-corrected chi connectivity index (χ1v) is 52.6. The van der Waals surface area contributed by atoms with E-state index in [2.05, 4.69) is 96.7 Å². The number of hydrogen-bond acceptors (Lipinski definition) is 37. The fraction of sp³-hybridized carbons (Fsp3) is 0.647. The molecule has 0 spiro atoms. The molecule has 0 bridgehead atoms. The third kappa shape index (κ3) is 33.8. The van der Waals surface area contributed by atoms with Crippen molar-refractivity contribution in [2.75, 3.05) is 56.6 Å². The van der Waals surface area contributed by atoms with Crippen molar-refractivity contribution in [2.24, 2.45) is 23.7 Å². The van der Waals surface area contributed by atoms with Crippen molar-refractivity contribution in [3.63, 3.8) is 0 Å². The van der Waals surface area contributed by atoms with E-state index in [1.807, 2.05) is 62.5 Å². The van der Waals surface area contributed by atoms with Crippen molar-refractivity contribution in [2.45, 2.75) is 282 Å². The van der Waals surface area contributed by atoms with E-state index in [9.17, 15) is 141 Å². The average molecular weight is 2300 g/mol. The number of phosphoric acid groups is 3.